The quantitative estimate of drug-likeness (QED) is 0.620. The van der Waals surface area contributed by atoms with E-state index in [-0.39, 0.29) is 18.8 Å². The van der Waals surface area contributed by atoms with Crippen molar-refractivity contribution in [3.05, 3.63) is 47.2 Å². The molecule has 0 bridgehead atoms. The summed E-state index contributed by atoms with van der Waals surface area (Å²) in [6.07, 6.45) is -4.37. The van der Waals surface area contributed by atoms with Gasteiger partial charge in [-0.15, -0.1) is 0 Å². The van der Waals surface area contributed by atoms with Gasteiger partial charge in [0.25, 0.3) is 0 Å². The minimum atomic E-state index is -4.86. The molecule has 1 fully saturated rings. The Morgan fingerprint density at radius 3 is 2.42 bits per heavy atom. The van der Waals surface area contributed by atoms with Crippen LogP contribution in [0, 0.1) is 0 Å². The Labute approximate surface area is 108 Å². The van der Waals surface area contributed by atoms with Crippen LogP contribution in [-0.4, -0.2) is 17.1 Å². The third-order valence-corrected chi connectivity index (χ3v) is 3.33. The van der Waals surface area contributed by atoms with Crippen LogP contribution >= 0.6 is 0 Å². The molecular weight excluding hydrogens is 257 g/mol. The molecule has 19 heavy (non-hydrogen) atoms. The zero-order valence-corrected chi connectivity index (χ0v) is 10.1. The van der Waals surface area contributed by atoms with E-state index in [0.717, 1.165) is 5.56 Å². The largest absolute Gasteiger partial charge is 0.504 e. The molecule has 2 rings (SSSR count). The Hall–Kier alpha value is -1.78. The first-order chi connectivity index (χ1) is 8.89. The SMILES string of the molecule is O=C1CCC(c2ccccc2)C/C1=C(\O)C(F)(F)F. The van der Waals surface area contributed by atoms with Gasteiger partial charge in [0.2, 0.25) is 5.76 Å². The molecule has 0 heterocycles. The highest BCUT2D eigenvalue weighted by molar-refractivity contribution is 5.96. The van der Waals surface area contributed by atoms with Crippen LogP contribution in [0.1, 0.15) is 30.7 Å². The van der Waals surface area contributed by atoms with Crippen LogP contribution in [0.15, 0.2) is 41.7 Å². The molecule has 1 aliphatic carbocycles. The monoisotopic (exact) mass is 270 g/mol. The zero-order chi connectivity index (χ0) is 14.0. The zero-order valence-electron chi connectivity index (χ0n) is 10.1. The van der Waals surface area contributed by atoms with E-state index in [2.05, 4.69) is 0 Å². The smallest absolute Gasteiger partial charge is 0.449 e. The Morgan fingerprint density at radius 2 is 1.84 bits per heavy atom. The predicted octanol–water partition coefficient (Wildman–Crippen LogP) is 3.90. The highest BCUT2D eigenvalue weighted by Gasteiger charge is 2.40. The van der Waals surface area contributed by atoms with Crippen molar-refractivity contribution >= 4 is 5.78 Å². The molecule has 1 aromatic carbocycles. The molecule has 1 aliphatic rings. The molecule has 0 aliphatic heterocycles. The van der Waals surface area contributed by atoms with Crippen molar-refractivity contribution in [3.63, 3.8) is 0 Å². The minimum absolute atomic E-state index is 0.0367. The molecule has 0 radical (unpaired) electrons. The number of aliphatic hydroxyl groups is 1. The van der Waals surface area contributed by atoms with Gasteiger partial charge in [0.15, 0.2) is 5.78 Å². The number of rotatable bonds is 1. The topological polar surface area (TPSA) is 37.3 Å². The number of hydrogen-bond donors (Lipinski definition) is 1. The third-order valence-electron chi connectivity index (χ3n) is 3.33. The van der Waals surface area contributed by atoms with Crippen molar-refractivity contribution < 1.29 is 23.1 Å². The van der Waals surface area contributed by atoms with Crippen molar-refractivity contribution in [2.75, 3.05) is 0 Å². The maximum atomic E-state index is 12.5. The lowest BCUT2D eigenvalue weighted by molar-refractivity contribution is -0.128. The van der Waals surface area contributed by atoms with Gasteiger partial charge in [-0.05, 0) is 24.3 Å². The highest BCUT2D eigenvalue weighted by atomic mass is 19.4. The summed E-state index contributed by atoms with van der Waals surface area (Å²) in [5.74, 6) is -2.50. The summed E-state index contributed by atoms with van der Waals surface area (Å²) in [5, 5.41) is 9.18. The van der Waals surface area contributed by atoms with Gasteiger partial charge in [-0.3, -0.25) is 4.79 Å². The average molecular weight is 270 g/mol. The lowest BCUT2D eigenvalue weighted by Crippen LogP contribution is -2.23. The minimum Gasteiger partial charge on any atom is -0.504 e. The fourth-order valence-electron chi connectivity index (χ4n) is 2.33. The van der Waals surface area contributed by atoms with Gasteiger partial charge < -0.3 is 5.11 Å². The van der Waals surface area contributed by atoms with Crippen molar-refractivity contribution in [1.29, 1.82) is 0 Å². The normalized spacial score (nSPS) is 23.3. The van der Waals surface area contributed by atoms with Gasteiger partial charge >= 0.3 is 6.18 Å². The van der Waals surface area contributed by atoms with Crippen molar-refractivity contribution in [1.82, 2.24) is 0 Å². The summed E-state index contributed by atoms with van der Waals surface area (Å²) >= 11 is 0. The molecule has 0 aromatic heterocycles. The molecule has 0 amide bonds. The van der Waals surface area contributed by atoms with E-state index < -0.39 is 23.3 Å². The van der Waals surface area contributed by atoms with E-state index in [1.54, 1.807) is 12.1 Å². The molecule has 1 atom stereocenters. The summed E-state index contributed by atoms with van der Waals surface area (Å²) < 4.78 is 37.4. The van der Waals surface area contributed by atoms with E-state index >= 15 is 0 Å². The predicted molar refractivity (Wildman–Crippen MR) is 63.8 cm³/mol. The fourth-order valence-corrected chi connectivity index (χ4v) is 2.33. The van der Waals surface area contributed by atoms with E-state index in [0.29, 0.717) is 6.42 Å². The molecule has 0 saturated heterocycles. The van der Waals surface area contributed by atoms with E-state index in [4.69, 9.17) is 0 Å². The molecule has 1 unspecified atom stereocenters. The summed E-state index contributed by atoms with van der Waals surface area (Å²) in [4.78, 5) is 11.5. The number of aliphatic hydroxyl groups excluding tert-OH is 1. The van der Waals surface area contributed by atoms with Gasteiger partial charge in [0, 0.05) is 12.0 Å². The number of carbonyl (C=O) groups excluding carboxylic acids is 1. The van der Waals surface area contributed by atoms with Gasteiger partial charge in [-0.25, -0.2) is 0 Å². The Morgan fingerprint density at radius 1 is 1.21 bits per heavy atom. The highest BCUT2D eigenvalue weighted by Crippen LogP contribution is 2.38. The van der Waals surface area contributed by atoms with Crippen LogP contribution in [0.3, 0.4) is 0 Å². The molecule has 102 valence electrons. The van der Waals surface area contributed by atoms with E-state index in [9.17, 15) is 23.1 Å². The third kappa shape index (κ3) is 2.97. The lowest BCUT2D eigenvalue weighted by Gasteiger charge is -2.24. The van der Waals surface area contributed by atoms with Crippen LogP contribution in [0.2, 0.25) is 0 Å². The number of allylic oxidation sites excluding steroid dienone is 2. The first-order valence-electron chi connectivity index (χ1n) is 5.97. The first-order valence-corrected chi connectivity index (χ1v) is 5.97. The van der Waals surface area contributed by atoms with Crippen molar-refractivity contribution in [3.8, 4) is 0 Å². The summed E-state index contributed by atoms with van der Waals surface area (Å²) in [7, 11) is 0. The summed E-state index contributed by atoms with van der Waals surface area (Å²) in [6, 6.07) is 9.07. The number of halogens is 3. The standard InChI is InChI=1S/C14H13F3O2/c15-14(16,17)13(19)11-8-10(6-7-12(11)18)9-4-2-1-3-5-9/h1-5,10,19H,6-8H2/b13-11+. The van der Waals surface area contributed by atoms with Crippen LogP contribution in [-0.2, 0) is 4.79 Å². The first kappa shape index (κ1) is 13.6. The number of Topliss-reactive ketones (excluding diaryl/α,β-unsaturated/α-hetero) is 1. The maximum Gasteiger partial charge on any atom is 0.449 e. The summed E-state index contributed by atoms with van der Waals surface area (Å²) in [5.41, 5.74) is 0.398. The number of benzene rings is 1. The molecule has 1 aromatic rings. The van der Waals surface area contributed by atoms with E-state index in [1.165, 1.54) is 0 Å². The second-order valence-electron chi connectivity index (χ2n) is 4.60. The number of alkyl halides is 3. The summed E-state index contributed by atoms with van der Waals surface area (Å²) in [6.45, 7) is 0. The van der Waals surface area contributed by atoms with Gasteiger partial charge in [0.05, 0.1) is 0 Å². The van der Waals surface area contributed by atoms with Crippen LogP contribution < -0.4 is 0 Å². The molecule has 0 spiro atoms. The molecule has 2 nitrogen and oxygen atoms in total. The van der Waals surface area contributed by atoms with Crippen molar-refractivity contribution in [2.45, 2.75) is 31.4 Å². The van der Waals surface area contributed by atoms with E-state index in [1.807, 2.05) is 18.2 Å². The second-order valence-corrected chi connectivity index (χ2v) is 4.60. The average Bonchev–Trinajstić information content (AvgIpc) is 2.38. The van der Waals surface area contributed by atoms with Crippen LogP contribution in [0.5, 0.6) is 0 Å². The number of hydrogen-bond acceptors (Lipinski definition) is 2. The van der Waals surface area contributed by atoms with Gasteiger partial charge in [0.1, 0.15) is 0 Å². The van der Waals surface area contributed by atoms with Crippen LogP contribution in [0.25, 0.3) is 0 Å². The molecule has 1 N–H and O–H groups in total. The maximum absolute atomic E-state index is 12.5. The fraction of sp³-hybridized carbons (Fsp3) is 0.357. The van der Waals surface area contributed by atoms with Gasteiger partial charge in [-0.1, -0.05) is 30.3 Å². The Kier molecular flexibility index (Phi) is 3.64. The lowest BCUT2D eigenvalue weighted by atomic mass is 9.80. The Balaban J connectivity index is 2.29. The molecular formula is C14H13F3O2. The second kappa shape index (κ2) is 5.07. The van der Waals surface area contributed by atoms with Gasteiger partial charge in [-0.2, -0.15) is 13.2 Å². The van der Waals surface area contributed by atoms with Crippen LogP contribution in [0.4, 0.5) is 13.2 Å². The van der Waals surface area contributed by atoms with Crippen molar-refractivity contribution in [2.24, 2.45) is 0 Å². The number of carbonyl (C=O) groups is 1. The Bertz CT molecular complexity index is 503. The molecule has 1 saturated carbocycles. The molecule has 5 heteroatoms. The number of ketones is 1.